The van der Waals surface area contributed by atoms with Crippen LogP contribution in [0.15, 0.2) is 33.6 Å². The molecule has 1 saturated heterocycles. The Kier molecular flexibility index (Phi) is 7.80. The van der Waals surface area contributed by atoms with Crippen molar-refractivity contribution in [3.8, 4) is 22.8 Å². The van der Waals surface area contributed by atoms with E-state index in [1.165, 1.54) is 43.9 Å². The molecule has 5 aliphatic rings. The Morgan fingerprint density at radius 2 is 1.61 bits per heavy atom. The maximum absolute atomic E-state index is 13.7. The number of nitrogens with zero attached hydrogens (tertiary/aromatic N) is 1. The van der Waals surface area contributed by atoms with Crippen LogP contribution in [-0.2, 0) is 20.8 Å². The zero-order chi connectivity index (χ0) is 27.0. The van der Waals surface area contributed by atoms with Gasteiger partial charge in [0.15, 0.2) is 0 Å². The van der Waals surface area contributed by atoms with Gasteiger partial charge in [-0.25, -0.2) is 0 Å². The van der Waals surface area contributed by atoms with E-state index in [0.717, 1.165) is 40.9 Å². The minimum atomic E-state index is 0.0560. The van der Waals surface area contributed by atoms with Crippen LogP contribution in [0.4, 0.5) is 0 Å². The predicted molar refractivity (Wildman–Crippen MR) is 147 cm³/mol. The molecule has 38 heavy (non-hydrogen) atoms. The summed E-state index contributed by atoms with van der Waals surface area (Å²) in [6, 6.07) is 8.01. The summed E-state index contributed by atoms with van der Waals surface area (Å²) in [4.78, 5) is 32.6. The molecule has 5 fully saturated rings. The Bertz CT molecular complexity index is 1260. The lowest BCUT2D eigenvalue weighted by molar-refractivity contribution is -0.191. The zero-order valence-electron chi connectivity index (χ0n) is 21.7. The molecule has 0 unspecified atom stereocenters. The number of thioether (sulfide) groups is 1. The lowest BCUT2D eigenvalue weighted by Crippen LogP contribution is -2.57. The van der Waals surface area contributed by atoms with Crippen LogP contribution < -0.4 is 9.47 Å². The van der Waals surface area contributed by atoms with E-state index in [1.807, 2.05) is 35.2 Å². The molecule has 4 aliphatic carbocycles. The molecular formula is C29H31NO6S2. The number of carbonyl (C=O) groups excluding carboxylic acids is 3. The molecule has 1 aliphatic heterocycles. The van der Waals surface area contributed by atoms with E-state index in [2.05, 4.69) is 6.92 Å². The van der Waals surface area contributed by atoms with Gasteiger partial charge in [-0.2, -0.15) is 9.59 Å². The molecule has 0 spiro atoms. The number of benzene rings is 1. The van der Waals surface area contributed by atoms with E-state index in [4.69, 9.17) is 35.7 Å². The number of carbonyl (C=O) groups is 1. The van der Waals surface area contributed by atoms with Crippen molar-refractivity contribution in [2.24, 2.45) is 23.7 Å². The number of furan rings is 1. The first-order valence-corrected chi connectivity index (χ1v) is 14.2. The summed E-state index contributed by atoms with van der Waals surface area (Å²) >= 11 is 7.20. The van der Waals surface area contributed by atoms with Crippen LogP contribution in [0.1, 0.15) is 50.4 Å². The number of aryl methyl sites for hydroxylation is 1. The highest BCUT2D eigenvalue weighted by Crippen LogP contribution is 2.56. The Labute approximate surface area is 231 Å². The van der Waals surface area contributed by atoms with Crippen molar-refractivity contribution in [3.63, 3.8) is 0 Å². The molecule has 0 radical (unpaired) electrons. The van der Waals surface area contributed by atoms with E-state index in [-0.39, 0.29) is 18.1 Å². The second-order valence-electron chi connectivity index (χ2n) is 10.5. The molecule has 2 heterocycles. The van der Waals surface area contributed by atoms with E-state index < -0.39 is 0 Å². The zero-order valence-corrected chi connectivity index (χ0v) is 23.4. The van der Waals surface area contributed by atoms with Gasteiger partial charge in [0.25, 0.3) is 5.91 Å². The Morgan fingerprint density at radius 3 is 2.13 bits per heavy atom. The normalized spacial score (nSPS) is 28.3. The molecule has 200 valence electrons. The van der Waals surface area contributed by atoms with E-state index in [1.54, 1.807) is 14.2 Å². The second-order valence-corrected chi connectivity index (χ2v) is 12.2. The minimum Gasteiger partial charge on any atom is -0.497 e. The first-order valence-electron chi connectivity index (χ1n) is 13.0. The van der Waals surface area contributed by atoms with Crippen molar-refractivity contribution in [2.75, 3.05) is 14.2 Å². The summed E-state index contributed by atoms with van der Waals surface area (Å²) in [5.41, 5.74) is 1.93. The fraction of sp³-hybridized carbons (Fsp3) is 0.483. The first kappa shape index (κ1) is 26.7. The van der Waals surface area contributed by atoms with Gasteiger partial charge in [-0.3, -0.25) is 9.69 Å². The van der Waals surface area contributed by atoms with Gasteiger partial charge in [0.05, 0.1) is 19.1 Å². The molecule has 2 aromatic rings. The summed E-state index contributed by atoms with van der Waals surface area (Å²) in [5, 5.41) is 0. The molecule has 7 nitrogen and oxygen atoms in total. The average molecular weight is 554 g/mol. The van der Waals surface area contributed by atoms with Crippen LogP contribution in [0.3, 0.4) is 0 Å². The Balaban J connectivity index is 0.000000937. The Hall–Kier alpha value is -2.87. The Morgan fingerprint density at radius 1 is 1.03 bits per heavy atom. The van der Waals surface area contributed by atoms with E-state index >= 15 is 0 Å². The first-order chi connectivity index (χ1) is 18.4. The molecule has 1 amide bonds. The SMILES string of the molecule is CCc1cc(-c2cc(OC)cc(OC)c2)oc1/C=C1\SC(=S)N(C2C3CC4CC(C3)CC2C4)C1=O.O=C=O. The average Bonchev–Trinajstić information content (AvgIpc) is 3.44. The number of rotatable bonds is 6. The molecular weight excluding hydrogens is 522 g/mol. The maximum atomic E-state index is 13.7. The van der Waals surface area contributed by atoms with Gasteiger partial charge >= 0.3 is 6.15 Å². The minimum absolute atomic E-state index is 0.0560. The maximum Gasteiger partial charge on any atom is 0.373 e. The summed E-state index contributed by atoms with van der Waals surface area (Å²) < 4.78 is 17.9. The fourth-order valence-corrected chi connectivity index (χ4v) is 8.42. The van der Waals surface area contributed by atoms with Crippen molar-refractivity contribution in [2.45, 2.75) is 51.5 Å². The van der Waals surface area contributed by atoms with Crippen LogP contribution in [0.2, 0.25) is 0 Å². The molecule has 1 aromatic carbocycles. The summed E-state index contributed by atoms with van der Waals surface area (Å²) in [6.45, 7) is 2.10. The van der Waals surface area contributed by atoms with Crippen molar-refractivity contribution in [3.05, 3.63) is 40.5 Å². The van der Waals surface area contributed by atoms with Crippen LogP contribution in [0, 0.1) is 23.7 Å². The van der Waals surface area contributed by atoms with Crippen LogP contribution in [0.5, 0.6) is 11.5 Å². The monoisotopic (exact) mass is 553 g/mol. The van der Waals surface area contributed by atoms with Gasteiger partial charge in [0.1, 0.15) is 27.3 Å². The third-order valence-electron chi connectivity index (χ3n) is 8.42. The number of thiocarbonyl (C=S) groups is 1. The highest BCUT2D eigenvalue weighted by Gasteiger charge is 2.53. The van der Waals surface area contributed by atoms with Gasteiger partial charge in [-0.05, 0) is 86.0 Å². The molecule has 0 N–H and O–H groups in total. The smallest absolute Gasteiger partial charge is 0.373 e. The third-order valence-corrected chi connectivity index (χ3v) is 9.75. The number of amides is 1. The van der Waals surface area contributed by atoms with Gasteiger partial charge < -0.3 is 13.9 Å². The largest absolute Gasteiger partial charge is 0.497 e. The van der Waals surface area contributed by atoms with Gasteiger partial charge in [-0.15, -0.1) is 0 Å². The standard InChI is InChI=1S/C28H31NO4S2.CO2/c1-4-17-12-23(18-10-21(31-2)13-22(11-18)32-3)33-24(17)14-25-27(30)29(28(34)35-25)26-19-6-15-5-16(8-19)9-20(26)7-15;2-1-3/h10-16,19-20,26H,4-9H2,1-3H3;/b25-14-;. The van der Waals surface area contributed by atoms with Crippen LogP contribution in [-0.4, -0.2) is 41.5 Å². The molecule has 1 aromatic heterocycles. The molecule has 7 rings (SSSR count). The lowest BCUT2D eigenvalue weighted by atomic mass is 9.54. The third kappa shape index (κ3) is 4.95. The van der Waals surface area contributed by atoms with Crippen molar-refractivity contribution >= 4 is 46.4 Å². The van der Waals surface area contributed by atoms with Crippen molar-refractivity contribution in [1.82, 2.24) is 4.90 Å². The lowest BCUT2D eigenvalue weighted by Gasteiger charge is -2.56. The van der Waals surface area contributed by atoms with Gasteiger partial charge in [0, 0.05) is 23.7 Å². The highest BCUT2D eigenvalue weighted by molar-refractivity contribution is 8.26. The molecule has 4 bridgehead atoms. The molecule has 0 atom stereocenters. The topological polar surface area (TPSA) is 86.1 Å². The number of methoxy groups -OCH3 is 2. The number of ether oxygens (including phenoxy) is 2. The fourth-order valence-electron chi connectivity index (χ4n) is 7.11. The summed E-state index contributed by atoms with van der Waals surface area (Å²) in [7, 11) is 3.27. The van der Waals surface area contributed by atoms with Crippen LogP contribution in [0.25, 0.3) is 17.4 Å². The second kappa shape index (κ2) is 11.1. The number of hydrogen-bond donors (Lipinski definition) is 0. The van der Waals surface area contributed by atoms with Gasteiger partial charge in [-0.1, -0.05) is 30.9 Å². The highest BCUT2D eigenvalue weighted by atomic mass is 32.2. The van der Waals surface area contributed by atoms with Crippen molar-refractivity contribution < 1.29 is 28.3 Å². The summed E-state index contributed by atoms with van der Waals surface area (Å²) in [5.74, 6) is 5.85. The van der Waals surface area contributed by atoms with E-state index in [0.29, 0.717) is 32.6 Å². The molecule has 9 heteroatoms. The predicted octanol–water partition coefficient (Wildman–Crippen LogP) is 5.97. The van der Waals surface area contributed by atoms with Gasteiger partial charge in [0.2, 0.25) is 0 Å². The quantitative estimate of drug-likeness (QED) is 0.320. The van der Waals surface area contributed by atoms with E-state index in [9.17, 15) is 4.79 Å². The van der Waals surface area contributed by atoms with Crippen molar-refractivity contribution in [1.29, 1.82) is 0 Å². The van der Waals surface area contributed by atoms with Crippen LogP contribution >= 0.6 is 24.0 Å². The summed E-state index contributed by atoms with van der Waals surface area (Å²) in [6.07, 6.45) is 9.40. The number of hydrogen-bond acceptors (Lipinski definition) is 8. The molecule has 4 saturated carbocycles.